The number of benzene rings is 2. The Kier molecular flexibility index (Phi) is 9.98. The largest absolute Gasteiger partial charge is 0.491 e. The van der Waals surface area contributed by atoms with Crippen molar-refractivity contribution in [2.75, 3.05) is 0 Å². The number of ether oxygens (including phenoxy) is 2. The van der Waals surface area contributed by atoms with Crippen molar-refractivity contribution in [3.63, 3.8) is 0 Å². The van der Waals surface area contributed by atoms with Crippen LogP contribution in [0.15, 0.2) is 48.5 Å². The quantitative estimate of drug-likeness (QED) is 0.153. The van der Waals surface area contributed by atoms with Crippen LogP contribution in [-0.2, 0) is 4.12 Å². The number of rotatable bonds is 14. The fourth-order valence-corrected chi connectivity index (χ4v) is 13.3. The fourth-order valence-electron chi connectivity index (χ4n) is 4.05. The minimum Gasteiger partial charge on any atom is -0.491 e. The molecule has 0 saturated carbocycles. The van der Waals surface area contributed by atoms with Crippen LogP contribution in [-0.4, -0.2) is 37.9 Å². The third kappa shape index (κ3) is 8.15. The molecule has 0 bridgehead atoms. The summed E-state index contributed by atoms with van der Waals surface area (Å²) in [6.07, 6.45) is 3.44. The minimum atomic E-state index is -2.40. The molecule has 2 atom stereocenters. The van der Waals surface area contributed by atoms with E-state index in [9.17, 15) is 20.2 Å². The molecule has 35 heavy (non-hydrogen) atoms. The van der Waals surface area contributed by atoms with Gasteiger partial charge in [0.15, 0.2) is 0 Å². The molecular weight excluding hydrogens is 484 g/mol. The average molecular weight is 521 g/mol. The highest BCUT2D eigenvalue weighted by Crippen LogP contribution is 2.30. The molecular formula is C24H36N2O7Si2. The second kappa shape index (κ2) is 12.3. The van der Waals surface area contributed by atoms with Crippen molar-refractivity contribution in [2.45, 2.75) is 77.2 Å². The summed E-state index contributed by atoms with van der Waals surface area (Å²) in [6, 6.07) is 12.3. The van der Waals surface area contributed by atoms with Gasteiger partial charge in [-0.1, -0.05) is 26.7 Å². The first-order valence-electron chi connectivity index (χ1n) is 11.9. The highest BCUT2D eigenvalue weighted by atomic mass is 28.4. The van der Waals surface area contributed by atoms with Gasteiger partial charge in [0.2, 0.25) is 16.6 Å². The number of nitrogens with zero attached hydrogens (tertiary/aromatic N) is 2. The van der Waals surface area contributed by atoms with E-state index in [1.165, 1.54) is 24.3 Å². The van der Waals surface area contributed by atoms with Gasteiger partial charge in [-0.2, -0.15) is 0 Å². The summed E-state index contributed by atoms with van der Waals surface area (Å²) in [7, 11) is -4.81. The summed E-state index contributed by atoms with van der Waals surface area (Å²) in [6.45, 7) is 12.8. The molecule has 11 heteroatoms. The molecule has 2 aromatic carbocycles. The summed E-state index contributed by atoms with van der Waals surface area (Å²) in [5.41, 5.74) is -0.224. The molecule has 0 saturated heterocycles. The van der Waals surface area contributed by atoms with E-state index in [0.29, 0.717) is 11.5 Å². The Morgan fingerprint density at radius 1 is 0.686 bits per heavy atom. The second-order valence-electron chi connectivity index (χ2n) is 9.60. The van der Waals surface area contributed by atoms with Crippen LogP contribution in [0.1, 0.15) is 39.5 Å². The van der Waals surface area contributed by atoms with Crippen molar-refractivity contribution in [3.8, 4) is 11.5 Å². The van der Waals surface area contributed by atoms with E-state index < -0.39 is 26.5 Å². The molecule has 2 rings (SSSR count). The lowest BCUT2D eigenvalue weighted by molar-refractivity contribution is -0.385. The van der Waals surface area contributed by atoms with Gasteiger partial charge < -0.3 is 13.6 Å². The zero-order valence-electron chi connectivity index (χ0n) is 21.4. The summed E-state index contributed by atoms with van der Waals surface area (Å²) in [5.74, 6) is 1.18. The van der Waals surface area contributed by atoms with Gasteiger partial charge in [-0.3, -0.25) is 20.2 Å². The Hall–Kier alpha value is -2.77. The number of nitro groups is 2. The molecule has 2 unspecified atom stereocenters. The maximum absolute atomic E-state index is 11.0. The second-order valence-corrected chi connectivity index (χ2v) is 18.1. The van der Waals surface area contributed by atoms with Crippen LogP contribution in [0.4, 0.5) is 11.4 Å². The highest BCUT2D eigenvalue weighted by molar-refractivity contribution is 6.86. The van der Waals surface area contributed by atoms with E-state index in [4.69, 9.17) is 13.6 Å². The average Bonchev–Trinajstić information content (AvgIpc) is 2.78. The predicted octanol–water partition coefficient (Wildman–Crippen LogP) is 6.80. The van der Waals surface area contributed by atoms with E-state index in [1.54, 1.807) is 24.3 Å². The lowest BCUT2D eigenvalue weighted by Crippen LogP contribution is -2.60. The van der Waals surface area contributed by atoms with E-state index >= 15 is 0 Å². The number of non-ortho nitro benzene ring substituents is 2. The van der Waals surface area contributed by atoms with Gasteiger partial charge >= 0.3 is 0 Å². The predicted molar refractivity (Wildman–Crippen MR) is 141 cm³/mol. The van der Waals surface area contributed by atoms with Crippen molar-refractivity contribution < 1.29 is 23.4 Å². The van der Waals surface area contributed by atoms with Crippen molar-refractivity contribution in [1.29, 1.82) is 0 Å². The van der Waals surface area contributed by atoms with Crippen molar-refractivity contribution in [2.24, 2.45) is 0 Å². The maximum Gasteiger partial charge on any atom is 0.269 e. The highest BCUT2D eigenvalue weighted by Gasteiger charge is 2.45. The first-order chi connectivity index (χ1) is 16.4. The molecule has 9 nitrogen and oxygen atoms in total. The topological polar surface area (TPSA) is 114 Å². The summed E-state index contributed by atoms with van der Waals surface area (Å²) in [5, 5.41) is 21.9. The molecule has 0 spiro atoms. The molecule has 0 radical (unpaired) electrons. The Balaban J connectivity index is 2.20. The van der Waals surface area contributed by atoms with Gasteiger partial charge in [0.25, 0.3) is 11.4 Å². The number of nitro benzene ring substituents is 2. The van der Waals surface area contributed by atoms with Gasteiger partial charge in [-0.15, -0.1) is 0 Å². The third-order valence-corrected chi connectivity index (χ3v) is 14.0. The minimum absolute atomic E-state index is 0.0245. The Morgan fingerprint density at radius 2 is 1.00 bits per heavy atom. The molecule has 0 heterocycles. The lowest BCUT2D eigenvalue weighted by atomic mass is 10.3. The summed E-state index contributed by atoms with van der Waals surface area (Å²) in [4.78, 5) is 21.1. The van der Waals surface area contributed by atoms with Crippen LogP contribution >= 0.6 is 0 Å². The Morgan fingerprint density at radius 3 is 1.26 bits per heavy atom. The van der Waals surface area contributed by atoms with Gasteiger partial charge in [0.05, 0.1) is 9.85 Å². The van der Waals surface area contributed by atoms with Crippen LogP contribution in [0, 0.1) is 20.2 Å². The molecule has 0 fully saturated rings. The maximum atomic E-state index is 11.0. The Labute approximate surface area is 209 Å². The molecule has 2 aromatic rings. The van der Waals surface area contributed by atoms with Crippen molar-refractivity contribution >= 4 is 28.0 Å². The van der Waals surface area contributed by atoms with Gasteiger partial charge in [0.1, 0.15) is 23.0 Å². The third-order valence-electron chi connectivity index (χ3n) is 5.83. The van der Waals surface area contributed by atoms with Gasteiger partial charge in [-0.25, -0.2) is 0 Å². The molecule has 0 N–H and O–H groups in total. The number of hydrogen-bond acceptors (Lipinski definition) is 7. The van der Waals surface area contributed by atoms with Crippen molar-refractivity contribution in [1.82, 2.24) is 0 Å². The zero-order chi connectivity index (χ0) is 26.2. The standard InChI is InChI=1S/C24H36N2O7Si2/c1-7-9-23(31-21-15-11-19(12-16-21)25(27)28)34(3,4)33-35(5,6)24(10-8-2)32-22-17-13-20(14-18-22)26(29)30/h11-18,23-24H,7-10H2,1-6H3. The van der Waals surface area contributed by atoms with Crippen LogP contribution in [0.25, 0.3) is 0 Å². The summed E-state index contributed by atoms with van der Waals surface area (Å²) >= 11 is 0. The van der Waals surface area contributed by atoms with Gasteiger partial charge in [0, 0.05) is 24.3 Å². The molecule has 0 aromatic heterocycles. The van der Waals surface area contributed by atoms with Crippen LogP contribution < -0.4 is 9.47 Å². The molecule has 0 aliphatic carbocycles. The molecule has 0 amide bonds. The van der Waals surface area contributed by atoms with E-state index in [2.05, 4.69) is 40.0 Å². The van der Waals surface area contributed by atoms with Crippen LogP contribution in [0.5, 0.6) is 11.5 Å². The van der Waals surface area contributed by atoms with Crippen molar-refractivity contribution in [3.05, 3.63) is 68.8 Å². The Bertz CT molecular complexity index is 903. The monoisotopic (exact) mass is 520 g/mol. The molecule has 0 aliphatic heterocycles. The van der Waals surface area contributed by atoms with Crippen LogP contribution in [0.2, 0.25) is 26.2 Å². The van der Waals surface area contributed by atoms with Crippen LogP contribution in [0.3, 0.4) is 0 Å². The lowest BCUT2D eigenvalue weighted by Gasteiger charge is -2.42. The SMILES string of the molecule is CCCC(Oc1ccc([N+](=O)[O-])cc1)[Si](C)(C)O[Si](C)(C)C(CCC)Oc1ccc([N+](=O)[O-])cc1. The molecule has 0 aliphatic rings. The fraction of sp³-hybridized carbons (Fsp3) is 0.500. The number of hydrogen-bond donors (Lipinski definition) is 0. The first-order valence-corrected chi connectivity index (χ1v) is 17.9. The van der Waals surface area contributed by atoms with E-state index in [-0.39, 0.29) is 22.8 Å². The molecule has 192 valence electrons. The first kappa shape index (κ1) is 28.5. The summed E-state index contributed by atoms with van der Waals surface area (Å²) < 4.78 is 19.6. The zero-order valence-corrected chi connectivity index (χ0v) is 23.4. The van der Waals surface area contributed by atoms with Gasteiger partial charge in [-0.05, 0) is 63.3 Å². The van der Waals surface area contributed by atoms with E-state index in [1.807, 2.05) is 0 Å². The van der Waals surface area contributed by atoms with E-state index in [0.717, 1.165) is 25.7 Å². The normalized spacial score (nSPS) is 13.7. The smallest absolute Gasteiger partial charge is 0.269 e.